The Balaban J connectivity index is 0.00000225. The van der Waals surface area contributed by atoms with E-state index in [0.717, 1.165) is 18.7 Å². The van der Waals surface area contributed by atoms with Gasteiger partial charge in [0.05, 0.1) is 4.47 Å². The molecule has 2 aromatic carbocycles. The van der Waals surface area contributed by atoms with E-state index in [9.17, 15) is 9.18 Å². The normalized spacial score (nSPS) is 13.6. The van der Waals surface area contributed by atoms with E-state index in [2.05, 4.69) is 38.7 Å². The zero-order valence-electron chi connectivity index (χ0n) is 13.6. The maximum absolute atomic E-state index is 13.1. The molecule has 0 aromatic heterocycles. The zero-order valence-corrected chi connectivity index (χ0v) is 16.0. The highest BCUT2D eigenvalue weighted by atomic mass is 79.9. The highest BCUT2D eigenvalue weighted by molar-refractivity contribution is 9.10. The molecule has 2 N–H and O–H groups in total. The van der Waals surface area contributed by atoms with E-state index >= 15 is 0 Å². The Labute approximate surface area is 160 Å². The van der Waals surface area contributed by atoms with Crippen molar-refractivity contribution in [3.05, 3.63) is 63.4 Å². The number of benzene rings is 2. The van der Waals surface area contributed by atoms with Crippen molar-refractivity contribution in [2.24, 2.45) is 0 Å². The maximum atomic E-state index is 13.1. The molecule has 1 atom stereocenters. The van der Waals surface area contributed by atoms with Gasteiger partial charge in [0.1, 0.15) is 11.6 Å². The number of carbonyl (C=O) groups is 1. The van der Waals surface area contributed by atoms with Crippen molar-refractivity contribution in [1.29, 1.82) is 0 Å². The molecule has 0 spiro atoms. The summed E-state index contributed by atoms with van der Waals surface area (Å²) in [7, 11) is 0. The van der Waals surface area contributed by atoms with E-state index in [0.29, 0.717) is 16.8 Å². The second kappa shape index (κ2) is 8.65. The molecule has 0 saturated heterocycles. The fourth-order valence-electron chi connectivity index (χ4n) is 2.61. The lowest BCUT2D eigenvalue weighted by atomic mass is 10.1. The van der Waals surface area contributed by atoms with Crippen LogP contribution in [0.4, 0.5) is 4.39 Å². The molecule has 1 heterocycles. The van der Waals surface area contributed by atoms with Crippen molar-refractivity contribution < 1.29 is 13.9 Å². The first-order chi connectivity index (χ1) is 11.5. The number of rotatable bonds is 5. The SMILES string of the molecule is CC(Oc1ccc(F)cc1Br)C(=O)NCc1ccc2c(c1)CNC2.Cl. The van der Waals surface area contributed by atoms with Crippen LogP contribution < -0.4 is 15.4 Å². The Morgan fingerprint density at radius 3 is 2.80 bits per heavy atom. The van der Waals surface area contributed by atoms with Crippen LogP contribution in [0.3, 0.4) is 0 Å². The van der Waals surface area contributed by atoms with Crippen molar-refractivity contribution in [1.82, 2.24) is 10.6 Å². The van der Waals surface area contributed by atoms with Gasteiger partial charge in [0, 0.05) is 19.6 Å². The van der Waals surface area contributed by atoms with Crippen LogP contribution in [0.1, 0.15) is 23.6 Å². The van der Waals surface area contributed by atoms with Gasteiger partial charge < -0.3 is 15.4 Å². The van der Waals surface area contributed by atoms with Gasteiger partial charge in [-0.2, -0.15) is 0 Å². The largest absolute Gasteiger partial charge is 0.480 e. The minimum absolute atomic E-state index is 0. The molecule has 0 fully saturated rings. The third kappa shape index (κ3) is 4.93. The van der Waals surface area contributed by atoms with Crippen LogP contribution in [-0.2, 0) is 24.4 Å². The zero-order chi connectivity index (χ0) is 17.1. The number of fused-ring (bicyclic) bond motifs is 1. The van der Waals surface area contributed by atoms with Gasteiger partial charge in [-0.3, -0.25) is 4.79 Å². The minimum Gasteiger partial charge on any atom is -0.480 e. The second-order valence-corrected chi connectivity index (χ2v) is 6.61. The average Bonchev–Trinajstić information content (AvgIpc) is 3.02. The van der Waals surface area contributed by atoms with Crippen LogP contribution in [0, 0.1) is 5.82 Å². The third-order valence-corrected chi connectivity index (χ3v) is 4.55. The summed E-state index contributed by atoms with van der Waals surface area (Å²) in [6.07, 6.45) is -0.678. The molecule has 0 aliphatic carbocycles. The molecule has 0 saturated carbocycles. The van der Waals surface area contributed by atoms with Crippen molar-refractivity contribution in [3.63, 3.8) is 0 Å². The van der Waals surface area contributed by atoms with Crippen LogP contribution in [-0.4, -0.2) is 12.0 Å². The molecule has 3 rings (SSSR count). The molecule has 25 heavy (non-hydrogen) atoms. The quantitative estimate of drug-likeness (QED) is 0.762. The molecule has 1 aliphatic rings. The van der Waals surface area contributed by atoms with Gasteiger partial charge >= 0.3 is 0 Å². The van der Waals surface area contributed by atoms with E-state index in [1.54, 1.807) is 6.92 Å². The molecule has 7 heteroatoms. The van der Waals surface area contributed by atoms with E-state index in [4.69, 9.17) is 4.74 Å². The van der Waals surface area contributed by atoms with Gasteiger partial charge in [0.25, 0.3) is 5.91 Å². The van der Waals surface area contributed by atoms with Gasteiger partial charge in [-0.1, -0.05) is 18.2 Å². The van der Waals surface area contributed by atoms with Gasteiger partial charge in [-0.05, 0) is 57.7 Å². The minimum atomic E-state index is -0.678. The summed E-state index contributed by atoms with van der Waals surface area (Å²) in [5.74, 6) is -0.148. The number of carbonyl (C=O) groups excluding carboxylic acids is 1. The van der Waals surface area contributed by atoms with Gasteiger partial charge in [-0.15, -0.1) is 12.4 Å². The van der Waals surface area contributed by atoms with Crippen LogP contribution in [0.25, 0.3) is 0 Å². The Morgan fingerprint density at radius 1 is 1.28 bits per heavy atom. The third-order valence-electron chi connectivity index (χ3n) is 3.94. The average molecular weight is 430 g/mol. The predicted molar refractivity (Wildman–Crippen MR) is 100 cm³/mol. The molecule has 134 valence electrons. The lowest BCUT2D eigenvalue weighted by molar-refractivity contribution is -0.127. The smallest absolute Gasteiger partial charge is 0.261 e. The number of nitrogens with one attached hydrogen (secondary N) is 2. The molecular formula is C18H19BrClFN2O2. The van der Waals surface area contributed by atoms with Crippen LogP contribution in [0.2, 0.25) is 0 Å². The molecule has 1 amide bonds. The highest BCUT2D eigenvalue weighted by Gasteiger charge is 2.16. The fourth-order valence-corrected chi connectivity index (χ4v) is 3.05. The van der Waals surface area contributed by atoms with Crippen LogP contribution in [0.15, 0.2) is 40.9 Å². The van der Waals surface area contributed by atoms with Gasteiger partial charge in [0.2, 0.25) is 0 Å². The van der Waals surface area contributed by atoms with Crippen molar-refractivity contribution >= 4 is 34.2 Å². The number of ether oxygens (including phenoxy) is 1. The molecule has 1 aliphatic heterocycles. The summed E-state index contributed by atoms with van der Waals surface area (Å²) in [4.78, 5) is 12.2. The van der Waals surface area contributed by atoms with E-state index in [1.807, 2.05) is 6.07 Å². The molecule has 2 aromatic rings. The topological polar surface area (TPSA) is 50.4 Å². The summed E-state index contributed by atoms with van der Waals surface area (Å²) in [6.45, 7) is 3.89. The molecule has 4 nitrogen and oxygen atoms in total. The molecule has 0 radical (unpaired) electrons. The van der Waals surface area contributed by atoms with Crippen molar-refractivity contribution in [3.8, 4) is 5.75 Å². The van der Waals surface area contributed by atoms with Crippen molar-refractivity contribution in [2.75, 3.05) is 0 Å². The Kier molecular flexibility index (Phi) is 6.81. The monoisotopic (exact) mass is 428 g/mol. The summed E-state index contributed by atoms with van der Waals surface area (Å²) in [5.41, 5.74) is 3.64. The Morgan fingerprint density at radius 2 is 2.04 bits per heavy atom. The summed E-state index contributed by atoms with van der Waals surface area (Å²) >= 11 is 3.23. The first kappa shape index (κ1) is 19.7. The fraction of sp³-hybridized carbons (Fsp3) is 0.278. The number of amides is 1. The van der Waals surface area contributed by atoms with Crippen LogP contribution in [0.5, 0.6) is 5.75 Å². The Hall–Kier alpha value is -1.63. The molecule has 1 unspecified atom stereocenters. The van der Waals surface area contributed by atoms with E-state index in [-0.39, 0.29) is 24.1 Å². The lowest BCUT2D eigenvalue weighted by Gasteiger charge is -2.16. The number of hydrogen-bond donors (Lipinski definition) is 2. The van der Waals surface area contributed by atoms with E-state index in [1.165, 1.54) is 29.3 Å². The van der Waals surface area contributed by atoms with E-state index < -0.39 is 6.10 Å². The standard InChI is InChI=1S/C18H18BrFN2O2.ClH/c1-11(24-17-5-4-15(20)7-16(17)19)18(23)22-8-12-2-3-13-9-21-10-14(13)6-12;/h2-7,11,21H,8-10H2,1H3,(H,22,23);1H. The van der Waals surface area contributed by atoms with Crippen LogP contribution >= 0.6 is 28.3 Å². The first-order valence-corrected chi connectivity index (χ1v) is 8.53. The second-order valence-electron chi connectivity index (χ2n) is 5.76. The number of hydrogen-bond acceptors (Lipinski definition) is 3. The predicted octanol–water partition coefficient (Wildman–Crippen LogP) is 3.70. The highest BCUT2D eigenvalue weighted by Crippen LogP contribution is 2.26. The molecular weight excluding hydrogens is 411 g/mol. The first-order valence-electron chi connectivity index (χ1n) is 7.74. The summed E-state index contributed by atoms with van der Waals surface area (Å²) in [6, 6.07) is 10.3. The van der Waals surface area contributed by atoms with Gasteiger partial charge in [0.15, 0.2) is 6.10 Å². The molecule has 0 bridgehead atoms. The number of halogens is 3. The summed E-state index contributed by atoms with van der Waals surface area (Å²) < 4.78 is 19.1. The lowest BCUT2D eigenvalue weighted by Crippen LogP contribution is -2.36. The van der Waals surface area contributed by atoms with Gasteiger partial charge in [-0.25, -0.2) is 4.39 Å². The van der Waals surface area contributed by atoms with Crippen molar-refractivity contribution in [2.45, 2.75) is 32.7 Å². The summed E-state index contributed by atoms with van der Waals surface area (Å²) in [5, 5.41) is 6.16. The Bertz CT molecular complexity index is 773. The maximum Gasteiger partial charge on any atom is 0.261 e.